The molecule has 0 amide bonds. The van der Waals surface area contributed by atoms with Crippen LogP contribution in [0, 0.1) is 35.1 Å². The highest BCUT2D eigenvalue weighted by atomic mass is 35.5. The lowest BCUT2D eigenvalue weighted by atomic mass is 8.68. The number of carboxylic acids is 1. The summed E-state index contributed by atoms with van der Waals surface area (Å²) in [5.41, 5.74) is 2.06. The quantitative estimate of drug-likeness (QED) is 0.0186. The molecule has 4 aromatic heterocycles. The molecule has 2 unspecified atom stereocenters. The SMILES string of the molecule is C.CCOC(=O)C1=C(C2CCN(c3ncc(OC=O)cn3)CC2)NC(c2nccs2)=NC1c1ccc(F)c(F)c1Cl.CCOC(=O)C1=C(C2CCNCC2)NC(c2nccs2)=NC1c1ccc(F)c(F)c1Cl.CF.O=C(O)c1cnc(Cl)nc1.[B]B([B])B([B])B([B])[B]. The molecule has 6 aromatic rings. The number of aromatic carboxylic acids is 1. The van der Waals surface area contributed by atoms with Crippen LogP contribution in [0.15, 0.2) is 105 Å². The molecule has 0 saturated carbocycles. The molecular weight excluding hydrogens is 1300 g/mol. The van der Waals surface area contributed by atoms with Crippen LogP contribution in [0.4, 0.5) is 27.9 Å². The van der Waals surface area contributed by atoms with Gasteiger partial charge in [0.2, 0.25) is 11.2 Å². The van der Waals surface area contributed by atoms with Crippen LogP contribution >= 0.6 is 57.5 Å². The number of hydrogen-bond acceptors (Lipinski definition) is 21. The number of carbonyl (C=O) groups excluding carboxylic acids is 3. The zero-order valence-corrected chi connectivity index (χ0v) is 52.6. The number of hydrogen-bond donors (Lipinski definition) is 4. The third-order valence-corrected chi connectivity index (χ3v) is 16.1. The maximum atomic E-state index is 14.6. The molecule has 470 valence electrons. The normalized spacial score (nSPS) is 16.1. The van der Waals surface area contributed by atoms with Crippen LogP contribution in [0.3, 0.4) is 0 Å². The third-order valence-electron chi connectivity index (χ3n) is 13.6. The molecule has 2 atom stereocenters. The van der Waals surface area contributed by atoms with Crippen LogP contribution in [-0.4, -0.2) is 175 Å². The lowest BCUT2D eigenvalue weighted by molar-refractivity contribution is -0.140. The molecular formula is C54H54B8Cl3F5N12O8S2. The Balaban J connectivity index is 0.000000259. The Labute approximate surface area is 558 Å². The van der Waals surface area contributed by atoms with Crippen molar-refractivity contribution in [2.24, 2.45) is 21.8 Å². The first-order valence-corrected chi connectivity index (χ1v) is 30.4. The number of carbonyl (C=O) groups is 4. The van der Waals surface area contributed by atoms with Crippen molar-refractivity contribution in [3.63, 3.8) is 0 Å². The molecule has 2 saturated heterocycles. The van der Waals surface area contributed by atoms with Gasteiger partial charge < -0.3 is 40.2 Å². The first-order chi connectivity index (χ1) is 43.7. The van der Waals surface area contributed by atoms with Gasteiger partial charge in [0.1, 0.15) is 12.1 Å². The van der Waals surface area contributed by atoms with E-state index in [1.54, 1.807) is 31.6 Å². The number of nitrogens with one attached hydrogen (secondary N) is 3. The summed E-state index contributed by atoms with van der Waals surface area (Å²) >= 11 is 20.5. The Kier molecular flexibility index (Phi) is 30.4. The van der Waals surface area contributed by atoms with Gasteiger partial charge >= 0.3 is 17.9 Å². The highest BCUT2D eigenvalue weighted by molar-refractivity contribution is 7.89. The summed E-state index contributed by atoms with van der Waals surface area (Å²) in [6.45, 7) is 6.68. The second-order valence-corrected chi connectivity index (χ2v) is 22.2. The van der Waals surface area contributed by atoms with Crippen molar-refractivity contribution >= 4 is 157 Å². The van der Waals surface area contributed by atoms with E-state index in [0.717, 1.165) is 50.5 Å². The zero-order valence-electron chi connectivity index (χ0n) is 48.7. The summed E-state index contributed by atoms with van der Waals surface area (Å²) in [7, 11) is 26.3. The van der Waals surface area contributed by atoms with Gasteiger partial charge in [-0.1, -0.05) is 42.8 Å². The van der Waals surface area contributed by atoms with Crippen molar-refractivity contribution in [1.29, 1.82) is 0 Å². The fourth-order valence-electron chi connectivity index (χ4n) is 9.24. The number of halogens is 8. The Bertz CT molecular complexity index is 3570. The van der Waals surface area contributed by atoms with E-state index in [1.807, 2.05) is 10.3 Å². The minimum absolute atomic E-state index is 0. The van der Waals surface area contributed by atoms with Gasteiger partial charge in [0, 0.05) is 141 Å². The monoisotopic (exact) mass is 1350 g/mol. The van der Waals surface area contributed by atoms with Gasteiger partial charge in [-0.05, 0) is 76.4 Å². The Morgan fingerprint density at radius 2 is 1.12 bits per heavy atom. The molecule has 0 spiro atoms. The second-order valence-electron chi connectivity index (χ2n) is 19.3. The lowest BCUT2D eigenvalue weighted by Gasteiger charge is -2.36. The fraction of sp³-hybridized carbons (Fsp3) is 0.333. The van der Waals surface area contributed by atoms with Crippen molar-refractivity contribution in [3.8, 4) is 5.75 Å². The molecule has 8 heterocycles. The maximum Gasteiger partial charge on any atom is 0.338 e. The molecule has 0 aliphatic carbocycles. The molecule has 4 aliphatic heterocycles. The topological polar surface area (TPSA) is 258 Å². The number of esters is 2. The fourth-order valence-corrected chi connectivity index (χ4v) is 11.0. The van der Waals surface area contributed by atoms with Gasteiger partial charge in [0.05, 0.1) is 59.5 Å². The van der Waals surface area contributed by atoms with Gasteiger partial charge in [-0.25, -0.2) is 61.8 Å². The van der Waals surface area contributed by atoms with Crippen LogP contribution in [0.25, 0.3) is 0 Å². The molecule has 92 heavy (non-hydrogen) atoms. The first kappa shape index (κ1) is 75.7. The van der Waals surface area contributed by atoms with Crippen molar-refractivity contribution in [2.75, 3.05) is 51.5 Å². The molecule has 4 N–H and O–H groups in total. The predicted molar refractivity (Wildman–Crippen MR) is 352 cm³/mol. The molecule has 4 aliphatic rings. The van der Waals surface area contributed by atoms with Crippen LogP contribution in [-0.2, 0) is 23.9 Å². The second kappa shape index (κ2) is 37.0. The molecule has 38 heteroatoms. The smallest absolute Gasteiger partial charge is 0.338 e. The number of thiazole rings is 2. The van der Waals surface area contributed by atoms with E-state index in [-0.39, 0.29) is 71.3 Å². The number of nitrogens with zero attached hydrogens (tertiary/aromatic N) is 9. The third kappa shape index (κ3) is 19.8. The number of anilines is 1. The Morgan fingerprint density at radius 3 is 1.49 bits per heavy atom. The van der Waals surface area contributed by atoms with Crippen LogP contribution < -0.4 is 25.6 Å². The number of allylic oxidation sites excluding steroid dienone is 2. The number of amidine groups is 2. The molecule has 20 nitrogen and oxygen atoms in total. The van der Waals surface area contributed by atoms with Gasteiger partial charge in [-0.2, -0.15) is 0 Å². The van der Waals surface area contributed by atoms with E-state index >= 15 is 0 Å². The highest BCUT2D eigenvalue weighted by Gasteiger charge is 2.40. The number of rotatable bonds is 16. The minimum atomic E-state index is -1.22. The summed E-state index contributed by atoms with van der Waals surface area (Å²) in [5, 5.41) is 22.2. The van der Waals surface area contributed by atoms with Crippen molar-refractivity contribution in [2.45, 2.75) is 59.0 Å². The summed E-state index contributed by atoms with van der Waals surface area (Å²) in [6, 6.07) is 2.64. The summed E-state index contributed by atoms with van der Waals surface area (Å²) < 4.78 is 81.6. The number of piperidine rings is 2. The van der Waals surface area contributed by atoms with E-state index in [4.69, 9.17) is 97.8 Å². The van der Waals surface area contributed by atoms with Crippen molar-refractivity contribution < 1.29 is 60.4 Å². The van der Waals surface area contributed by atoms with Crippen LogP contribution in [0.2, 0.25) is 15.3 Å². The average Bonchev–Trinajstić information content (AvgIpc) is 0.792. The summed E-state index contributed by atoms with van der Waals surface area (Å²) in [6.07, 6.45) is 9.43. The first-order valence-electron chi connectivity index (χ1n) is 27.5. The summed E-state index contributed by atoms with van der Waals surface area (Å²) in [5.74, 6) is -5.35. The highest BCUT2D eigenvalue weighted by Crippen LogP contribution is 2.43. The predicted octanol–water partition coefficient (Wildman–Crippen LogP) is 7.21. The van der Waals surface area contributed by atoms with Crippen molar-refractivity contribution in [3.05, 3.63) is 160 Å². The number of benzene rings is 2. The number of aromatic nitrogens is 6. The maximum absolute atomic E-state index is 14.6. The molecule has 10 rings (SSSR count). The minimum Gasteiger partial charge on any atom is -0.478 e. The molecule has 2 fully saturated rings. The number of aliphatic imine (C=N–C) groups is 2. The van der Waals surface area contributed by atoms with E-state index in [2.05, 4.69) is 50.8 Å². The van der Waals surface area contributed by atoms with E-state index < -0.39 is 82.5 Å². The van der Waals surface area contributed by atoms with Crippen molar-refractivity contribution in [1.82, 2.24) is 45.9 Å². The number of ether oxygens (including phenoxy) is 3. The van der Waals surface area contributed by atoms with Gasteiger partial charge in [0.15, 0.2) is 50.7 Å². The Morgan fingerprint density at radius 1 is 0.685 bits per heavy atom. The Hall–Kier alpha value is -7.04. The van der Waals surface area contributed by atoms with Gasteiger partial charge in [0.25, 0.3) is 6.47 Å². The van der Waals surface area contributed by atoms with Gasteiger partial charge in [-0.15, -0.1) is 22.7 Å². The molecule has 2 aromatic carbocycles. The standard InChI is InChI=1S/C26H23ClF2N6O4S.C21H21ClF2N4O2S.C5H3ClN2O2.CH3F.CH4.B8/c1-2-38-25(37)18-21(14-5-8-35(9-6-14)26-31-11-15(12-32-26)39-13-36)33-23(24-30-7-10-40-24)34-22(18)16-3-4-17(28)20(29)19(16)27;1-2-30-21(29)14-17(11-5-7-25-8-6-11)27-19(20-26-9-10-31-20)28-18(14)12-3-4-13(23)16(24)15(12)22;6-5-7-1-3(2-8-5)4(9)10;1-2;;1-6(2)8(5)7(3)4/h3-4,7,10-14,22H,2,5-6,8-9H2,1H3,(H,33,34);3-4,9-11,18,25H,2,5-8H2,1H3,(H,27,28);1-2H,(H,9,10);1H3;1H4;. The van der Waals surface area contributed by atoms with E-state index in [0.29, 0.717) is 78.6 Å². The number of carboxylic acid groups (broad SMARTS) is 1. The zero-order chi connectivity index (χ0) is 66.5. The number of alkyl halides is 1. The van der Waals surface area contributed by atoms with E-state index in [9.17, 15) is 41.1 Å². The average molecular weight is 1350 g/mol. The van der Waals surface area contributed by atoms with Gasteiger partial charge in [-0.3, -0.25) is 19.2 Å². The summed E-state index contributed by atoms with van der Waals surface area (Å²) in [4.78, 5) is 82.7. The van der Waals surface area contributed by atoms with Crippen LogP contribution in [0.5, 0.6) is 5.75 Å². The molecule has 0 bridgehead atoms. The largest absolute Gasteiger partial charge is 0.478 e. The van der Waals surface area contributed by atoms with Crippen LogP contribution in [0.1, 0.15) is 90.5 Å². The van der Waals surface area contributed by atoms with E-state index in [1.165, 1.54) is 47.2 Å². The molecule has 10 radical (unpaired) electrons. The lowest BCUT2D eigenvalue weighted by Crippen LogP contribution is -2.52.